The fourth-order valence-corrected chi connectivity index (χ4v) is 4.03. The molecule has 7 nitrogen and oxygen atoms in total. The van der Waals surface area contributed by atoms with Crippen LogP contribution in [0.2, 0.25) is 0 Å². The third-order valence-corrected chi connectivity index (χ3v) is 5.67. The lowest BCUT2D eigenvalue weighted by Crippen LogP contribution is -2.33. The molecule has 0 bridgehead atoms. The van der Waals surface area contributed by atoms with Crippen LogP contribution in [-0.4, -0.2) is 60.3 Å². The van der Waals surface area contributed by atoms with Crippen molar-refractivity contribution in [2.24, 2.45) is 0 Å². The van der Waals surface area contributed by atoms with Crippen LogP contribution in [0.4, 0.5) is 0 Å². The molecule has 154 valence electrons. The Kier molecular flexibility index (Phi) is 6.91. The van der Waals surface area contributed by atoms with Crippen molar-refractivity contribution in [3.8, 4) is 11.5 Å². The molecule has 0 amide bonds. The lowest BCUT2D eigenvalue weighted by molar-refractivity contribution is 0.200. The van der Waals surface area contributed by atoms with Gasteiger partial charge >= 0.3 is 0 Å². The topological polar surface area (TPSA) is 63.9 Å². The molecule has 1 atom stereocenters. The van der Waals surface area contributed by atoms with E-state index in [1.807, 2.05) is 13.0 Å². The van der Waals surface area contributed by atoms with Gasteiger partial charge in [0, 0.05) is 19.5 Å². The van der Waals surface area contributed by atoms with Crippen LogP contribution >= 0.6 is 0 Å². The van der Waals surface area contributed by atoms with Crippen molar-refractivity contribution in [1.29, 1.82) is 0 Å². The number of hydrogen-bond acceptors (Lipinski definition) is 7. The van der Waals surface area contributed by atoms with Gasteiger partial charge in [-0.25, -0.2) is 0 Å². The van der Waals surface area contributed by atoms with Crippen molar-refractivity contribution in [3.05, 3.63) is 35.0 Å². The van der Waals surface area contributed by atoms with Crippen LogP contribution in [-0.2, 0) is 13.1 Å². The monoisotopic (exact) mass is 388 g/mol. The molecule has 1 aliphatic heterocycles. The molecule has 1 aromatic carbocycles. The van der Waals surface area contributed by atoms with Crippen LogP contribution < -0.4 is 9.47 Å². The Hall–Kier alpha value is -2.12. The second-order valence-corrected chi connectivity index (χ2v) is 7.59. The summed E-state index contributed by atoms with van der Waals surface area (Å²) in [5, 5.41) is 4.02. The minimum atomic E-state index is 0.537. The number of aromatic nitrogens is 2. The Bertz CT molecular complexity index is 777. The van der Waals surface area contributed by atoms with Crippen molar-refractivity contribution < 1.29 is 14.0 Å². The van der Waals surface area contributed by atoms with E-state index in [0.29, 0.717) is 11.9 Å². The number of likely N-dealkylation sites (tertiary alicyclic amines) is 1. The third-order valence-electron chi connectivity index (χ3n) is 5.67. The van der Waals surface area contributed by atoms with Gasteiger partial charge in [0.1, 0.15) is 0 Å². The van der Waals surface area contributed by atoms with Crippen LogP contribution in [0.5, 0.6) is 11.5 Å². The van der Waals surface area contributed by atoms with Gasteiger partial charge in [-0.05, 0) is 63.5 Å². The average molecular weight is 389 g/mol. The number of rotatable bonds is 7. The van der Waals surface area contributed by atoms with E-state index >= 15 is 0 Å². The Labute approximate surface area is 167 Å². The Morgan fingerprint density at radius 2 is 2.00 bits per heavy atom. The van der Waals surface area contributed by atoms with Gasteiger partial charge in [-0.3, -0.25) is 9.80 Å². The lowest BCUT2D eigenvalue weighted by Gasteiger charge is -2.26. The van der Waals surface area contributed by atoms with Crippen LogP contribution in [0.15, 0.2) is 16.7 Å². The van der Waals surface area contributed by atoms with Crippen LogP contribution in [0.3, 0.4) is 0 Å². The maximum Gasteiger partial charge on any atom is 0.223 e. The van der Waals surface area contributed by atoms with E-state index in [1.54, 1.807) is 14.2 Å². The molecule has 1 aliphatic rings. The first-order chi connectivity index (χ1) is 13.5. The molecule has 1 unspecified atom stereocenters. The number of hydrogen-bond donors (Lipinski definition) is 0. The van der Waals surface area contributed by atoms with Crippen molar-refractivity contribution in [3.63, 3.8) is 0 Å². The molecule has 0 spiro atoms. The van der Waals surface area contributed by atoms with Crippen molar-refractivity contribution in [1.82, 2.24) is 19.9 Å². The first-order valence-corrected chi connectivity index (χ1v) is 9.94. The molecule has 3 rings (SSSR count). The van der Waals surface area contributed by atoms with Gasteiger partial charge < -0.3 is 14.0 Å². The van der Waals surface area contributed by atoms with Gasteiger partial charge in [0.25, 0.3) is 0 Å². The van der Waals surface area contributed by atoms with E-state index in [-0.39, 0.29) is 0 Å². The molecule has 1 saturated heterocycles. The average Bonchev–Trinajstić information content (AvgIpc) is 2.95. The van der Waals surface area contributed by atoms with Gasteiger partial charge in [-0.2, -0.15) is 4.98 Å². The molecule has 0 radical (unpaired) electrons. The predicted octanol–water partition coefficient (Wildman–Crippen LogP) is 3.19. The van der Waals surface area contributed by atoms with Crippen LogP contribution in [0, 0.1) is 13.8 Å². The van der Waals surface area contributed by atoms with Gasteiger partial charge in [-0.15, -0.1) is 0 Å². The van der Waals surface area contributed by atoms with Gasteiger partial charge in [0.2, 0.25) is 5.89 Å². The number of aryl methyl sites for hydroxylation is 1. The number of ether oxygens (including phenoxy) is 2. The fourth-order valence-electron chi connectivity index (χ4n) is 4.03. The zero-order valence-electron chi connectivity index (χ0n) is 17.7. The molecule has 1 fully saturated rings. The fraction of sp³-hybridized carbons (Fsp3) is 0.619. The predicted molar refractivity (Wildman–Crippen MR) is 108 cm³/mol. The summed E-state index contributed by atoms with van der Waals surface area (Å²) < 4.78 is 16.1. The zero-order valence-corrected chi connectivity index (χ0v) is 17.7. The molecular formula is C21H32N4O3. The summed E-state index contributed by atoms with van der Waals surface area (Å²) in [7, 11) is 5.54. The number of nitrogens with zero attached hydrogens (tertiary/aromatic N) is 4. The first-order valence-electron chi connectivity index (χ1n) is 9.94. The molecule has 0 N–H and O–H groups in total. The summed E-state index contributed by atoms with van der Waals surface area (Å²) in [6, 6.07) is 4.70. The number of methoxy groups -OCH3 is 2. The van der Waals surface area contributed by atoms with E-state index < -0.39 is 0 Å². The minimum Gasteiger partial charge on any atom is -0.493 e. The van der Waals surface area contributed by atoms with Gasteiger partial charge in [0.15, 0.2) is 17.3 Å². The third kappa shape index (κ3) is 4.83. The smallest absolute Gasteiger partial charge is 0.223 e. The summed E-state index contributed by atoms with van der Waals surface area (Å²) in [6.45, 7) is 7.80. The molecular weight excluding hydrogens is 356 g/mol. The van der Waals surface area contributed by atoms with E-state index in [0.717, 1.165) is 55.5 Å². The molecule has 1 aromatic heterocycles. The van der Waals surface area contributed by atoms with Crippen LogP contribution in [0.25, 0.3) is 0 Å². The van der Waals surface area contributed by atoms with Crippen LogP contribution in [0.1, 0.15) is 42.1 Å². The van der Waals surface area contributed by atoms with Gasteiger partial charge in [-0.1, -0.05) is 11.2 Å². The molecule has 2 heterocycles. The van der Waals surface area contributed by atoms with E-state index in [2.05, 4.69) is 40.0 Å². The quantitative estimate of drug-likeness (QED) is 0.722. The SMILES string of the molecule is COc1ccc(CN2CCCC(N(C)Cc3noc(C)n3)CC2)c(C)c1OC. The maximum atomic E-state index is 5.56. The standard InChI is InChI=1S/C21H32N4O3/c1-15-17(8-9-19(26-4)21(15)27-5)13-25-11-6-7-18(10-12-25)24(3)14-20-22-16(2)28-23-20/h8-9,18H,6-7,10-14H2,1-5H3. The zero-order chi connectivity index (χ0) is 20.1. The molecule has 0 saturated carbocycles. The first kappa shape index (κ1) is 20.6. The molecule has 0 aliphatic carbocycles. The molecule has 2 aromatic rings. The van der Waals surface area contributed by atoms with Crippen molar-refractivity contribution in [2.45, 2.75) is 52.2 Å². The van der Waals surface area contributed by atoms with E-state index in [9.17, 15) is 0 Å². The highest BCUT2D eigenvalue weighted by Gasteiger charge is 2.22. The molecule has 28 heavy (non-hydrogen) atoms. The second kappa shape index (κ2) is 9.39. The Balaban J connectivity index is 1.59. The van der Waals surface area contributed by atoms with Crippen molar-refractivity contribution >= 4 is 0 Å². The highest BCUT2D eigenvalue weighted by molar-refractivity contribution is 5.50. The summed E-state index contributed by atoms with van der Waals surface area (Å²) in [4.78, 5) is 9.23. The minimum absolute atomic E-state index is 0.537. The highest BCUT2D eigenvalue weighted by atomic mass is 16.5. The lowest BCUT2D eigenvalue weighted by atomic mass is 10.1. The molecule has 7 heteroatoms. The second-order valence-electron chi connectivity index (χ2n) is 7.59. The normalized spacial score (nSPS) is 18.3. The van der Waals surface area contributed by atoms with Crippen molar-refractivity contribution in [2.75, 3.05) is 34.4 Å². The largest absolute Gasteiger partial charge is 0.493 e. The number of benzene rings is 1. The maximum absolute atomic E-state index is 5.56. The summed E-state index contributed by atoms with van der Waals surface area (Å²) in [5.41, 5.74) is 2.46. The summed E-state index contributed by atoms with van der Waals surface area (Å²) >= 11 is 0. The summed E-state index contributed by atoms with van der Waals surface area (Å²) in [6.07, 6.45) is 3.51. The van der Waals surface area contributed by atoms with E-state index in [1.165, 1.54) is 18.4 Å². The Morgan fingerprint density at radius 1 is 1.18 bits per heavy atom. The highest BCUT2D eigenvalue weighted by Crippen LogP contribution is 2.33. The van der Waals surface area contributed by atoms with Gasteiger partial charge in [0.05, 0.1) is 20.8 Å². The van der Waals surface area contributed by atoms with E-state index in [4.69, 9.17) is 14.0 Å². The Morgan fingerprint density at radius 3 is 2.68 bits per heavy atom. The summed E-state index contributed by atoms with van der Waals surface area (Å²) in [5.74, 6) is 3.02.